The van der Waals surface area contributed by atoms with Crippen LogP contribution in [0.15, 0.2) is 41.1 Å². The van der Waals surface area contributed by atoms with Gasteiger partial charge in [-0.3, -0.25) is 4.79 Å². The van der Waals surface area contributed by atoms with Crippen LogP contribution >= 0.6 is 0 Å². The van der Waals surface area contributed by atoms with Gasteiger partial charge >= 0.3 is 0 Å². The fraction of sp³-hybridized carbons (Fsp3) is 0.294. The fourth-order valence-corrected chi connectivity index (χ4v) is 2.92. The monoisotopic (exact) mass is 341 g/mol. The van der Waals surface area contributed by atoms with Gasteiger partial charge in [-0.1, -0.05) is 11.2 Å². The van der Waals surface area contributed by atoms with Gasteiger partial charge in [0.2, 0.25) is 5.89 Å². The van der Waals surface area contributed by atoms with Crippen LogP contribution in [-0.2, 0) is 5.54 Å². The second-order valence-corrected chi connectivity index (χ2v) is 6.15. The molecule has 0 radical (unpaired) electrons. The van der Waals surface area contributed by atoms with E-state index >= 15 is 0 Å². The van der Waals surface area contributed by atoms with Crippen molar-refractivity contribution in [3.05, 3.63) is 59.8 Å². The number of nitrogens with one attached hydrogen (secondary N) is 1. The van der Waals surface area contributed by atoms with Crippen LogP contribution in [0.4, 0.5) is 4.39 Å². The maximum atomic E-state index is 13.3. The van der Waals surface area contributed by atoms with Gasteiger partial charge in [-0.05, 0) is 43.5 Å². The fourth-order valence-electron chi connectivity index (χ4n) is 2.92. The van der Waals surface area contributed by atoms with Crippen LogP contribution in [0.2, 0.25) is 0 Å². The Balaban J connectivity index is 1.55. The highest BCUT2D eigenvalue weighted by Crippen LogP contribution is 2.39. The van der Waals surface area contributed by atoms with Crippen molar-refractivity contribution in [2.45, 2.75) is 31.7 Å². The first-order valence-corrected chi connectivity index (χ1v) is 8.01. The number of aromatic nitrogens is 4. The van der Waals surface area contributed by atoms with Crippen LogP contribution in [0, 0.1) is 12.7 Å². The molecule has 25 heavy (non-hydrogen) atoms. The van der Waals surface area contributed by atoms with Crippen molar-refractivity contribution < 1.29 is 13.7 Å². The lowest BCUT2D eigenvalue weighted by atomic mass is 9.76. The van der Waals surface area contributed by atoms with E-state index in [9.17, 15) is 9.18 Å². The summed E-state index contributed by atoms with van der Waals surface area (Å²) < 4.78 is 19.8. The smallest absolute Gasteiger partial charge is 0.272 e. The van der Waals surface area contributed by atoms with Crippen molar-refractivity contribution in [3.8, 4) is 5.69 Å². The second kappa shape index (κ2) is 5.80. The van der Waals surface area contributed by atoms with Gasteiger partial charge in [0.25, 0.3) is 5.91 Å². The molecule has 8 heteroatoms. The summed E-state index contributed by atoms with van der Waals surface area (Å²) in [6.45, 7) is 1.71. The maximum Gasteiger partial charge on any atom is 0.272 e. The topological polar surface area (TPSA) is 85.8 Å². The van der Waals surface area contributed by atoms with E-state index in [1.165, 1.54) is 16.8 Å². The Bertz CT molecular complexity index is 929. The van der Waals surface area contributed by atoms with E-state index in [4.69, 9.17) is 4.52 Å². The zero-order chi connectivity index (χ0) is 17.4. The summed E-state index contributed by atoms with van der Waals surface area (Å²) in [5, 5.41) is 11.2. The number of aryl methyl sites for hydroxylation is 1. The Morgan fingerprint density at radius 3 is 2.84 bits per heavy atom. The maximum absolute atomic E-state index is 13.3. The average Bonchev–Trinajstić information content (AvgIpc) is 3.20. The van der Waals surface area contributed by atoms with Crippen molar-refractivity contribution in [3.63, 3.8) is 0 Å². The first-order valence-electron chi connectivity index (χ1n) is 8.01. The van der Waals surface area contributed by atoms with Crippen LogP contribution in [0.1, 0.15) is 41.5 Å². The minimum absolute atomic E-state index is 0.246. The minimum atomic E-state index is -0.600. The molecule has 1 amide bonds. The van der Waals surface area contributed by atoms with E-state index < -0.39 is 5.54 Å². The molecule has 1 saturated carbocycles. The standard InChI is InChI=1S/C17H16FN5O2/c1-11-19-16(22-25-11)17(7-3-8-17)20-15(24)14-6-9-23(21-14)13-5-2-4-12(18)10-13/h2,4-6,9-10H,3,7-8H2,1H3,(H,20,24). The predicted octanol–water partition coefficient (Wildman–Crippen LogP) is 2.51. The summed E-state index contributed by atoms with van der Waals surface area (Å²) >= 11 is 0. The molecule has 4 rings (SSSR count). The molecule has 1 aliphatic carbocycles. The third-order valence-electron chi connectivity index (χ3n) is 4.41. The Hall–Kier alpha value is -3.03. The van der Waals surface area contributed by atoms with Gasteiger partial charge in [0.15, 0.2) is 11.5 Å². The van der Waals surface area contributed by atoms with E-state index in [0.717, 1.165) is 19.3 Å². The molecule has 0 spiro atoms. The van der Waals surface area contributed by atoms with Gasteiger partial charge in [-0.25, -0.2) is 9.07 Å². The highest BCUT2D eigenvalue weighted by molar-refractivity contribution is 5.92. The van der Waals surface area contributed by atoms with Crippen LogP contribution in [0.3, 0.4) is 0 Å². The summed E-state index contributed by atoms with van der Waals surface area (Å²) in [4.78, 5) is 16.9. The molecule has 0 bridgehead atoms. The highest BCUT2D eigenvalue weighted by atomic mass is 19.1. The molecule has 128 valence electrons. The number of hydrogen-bond acceptors (Lipinski definition) is 5. The molecule has 1 aromatic carbocycles. The molecule has 1 N–H and O–H groups in total. The lowest BCUT2D eigenvalue weighted by Crippen LogP contribution is -2.51. The summed E-state index contributed by atoms with van der Waals surface area (Å²) in [7, 11) is 0. The largest absolute Gasteiger partial charge is 0.340 e. The summed E-state index contributed by atoms with van der Waals surface area (Å²) in [6, 6.07) is 7.60. The van der Waals surface area contributed by atoms with E-state index in [2.05, 4.69) is 20.6 Å². The summed E-state index contributed by atoms with van der Waals surface area (Å²) in [6.07, 6.45) is 4.10. The lowest BCUT2D eigenvalue weighted by molar-refractivity contribution is 0.0799. The highest BCUT2D eigenvalue weighted by Gasteiger charge is 2.44. The van der Waals surface area contributed by atoms with Crippen molar-refractivity contribution in [2.75, 3.05) is 0 Å². The molecule has 0 atom stereocenters. The predicted molar refractivity (Wildman–Crippen MR) is 85.6 cm³/mol. The Morgan fingerprint density at radius 1 is 1.36 bits per heavy atom. The molecule has 0 aliphatic heterocycles. The first kappa shape index (κ1) is 15.5. The Labute approximate surface area is 142 Å². The summed E-state index contributed by atoms with van der Waals surface area (Å²) in [5.74, 6) is 0.275. The van der Waals surface area contributed by atoms with Crippen molar-refractivity contribution >= 4 is 5.91 Å². The van der Waals surface area contributed by atoms with Crippen LogP contribution < -0.4 is 5.32 Å². The van der Waals surface area contributed by atoms with E-state index in [-0.39, 0.29) is 17.4 Å². The van der Waals surface area contributed by atoms with Crippen LogP contribution in [0.25, 0.3) is 5.69 Å². The van der Waals surface area contributed by atoms with E-state index in [1.54, 1.807) is 31.3 Å². The molecule has 3 aromatic rings. The van der Waals surface area contributed by atoms with E-state index in [1.807, 2.05) is 0 Å². The average molecular weight is 341 g/mol. The molecule has 2 heterocycles. The van der Waals surface area contributed by atoms with Gasteiger partial charge in [0.1, 0.15) is 11.4 Å². The van der Waals surface area contributed by atoms with E-state index in [0.29, 0.717) is 17.4 Å². The lowest BCUT2D eigenvalue weighted by Gasteiger charge is -2.39. The Morgan fingerprint density at radius 2 is 2.20 bits per heavy atom. The van der Waals surface area contributed by atoms with Gasteiger partial charge in [0.05, 0.1) is 5.69 Å². The molecule has 7 nitrogen and oxygen atoms in total. The zero-order valence-corrected chi connectivity index (χ0v) is 13.6. The number of rotatable bonds is 4. The van der Waals surface area contributed by atoms with Crippen molar-refractivity contribution in [2.24, 2.45) is 0 Å². The zero-order valence-electron chi connectivity index (χ0n) is 13.6. The van der Waals surface area contributed by atoms with Crippen molar-refractivity contribution in [1.29, 1.82) is 0 Å². The number of benzene rings is 1. The molecule has 1 aliphatic rings. The third-order valence-corrected chi connectivity index (χ3v) is 4.41. The normalized spacial score (nSPS) is 15.6. The minimum Gasteiger partial charge on any atom is -0.340 e. The van der Waals surface area contributed by atoms with Crippen molar-refractivity contribution in [1.82, 2.24) is 25.2 Å². The summed E-state index contributed by atoms with van der Waals surface area (Å²) in [5.41, 5.74) is 0.194. The van der Waals surface area contributed by atoms with Crippen LogP contribution in [-0.4, -0.2) is 25.8 Å². The Kier molecular flexibility index (Phi) is 3.60. The van der Waals surface area contributed by atoms with Gasteiger partial charge in [0, 0.05) is 13.1 Å². The number of hydrogen-bond donors (Lipinski definition) is 1. The molecule has 2 aromatic heterocycles. The third kappa shape index (κ3) is 2.79. The first-order chi connectivity index (χ1) is 12.1. The molecular weight excluding hydrogens is 325 g/mol. The molecule has 0 unspecified atom stereocenters. The van der Waals surface area contributed by atoms with Gasteiger partial charge in [-0.2, -0.15) is 10.1 Å². The number of amides is 1. The van der Waals surface area contributed by atoms with Gasteiger partial charge in [-0.15, -0.1) is 0 Å². The number of carbonyl (C=O) groups excluding carboxylic acids is 1. The number of halogens is 1. The molecule has 1 fully saturated rings. The SMILES string of the molecule is Cc1nc(C2(NC(=O)c3ccn(-c4cccc(F)c4)n3)CCC2)no1. The molecular formula is C17H16FN5O2. The van der Waals surface area contributed by atoms with Crippen LogP contribution in [0.5, 0.6) is 0 Å². The van der Waals surface area contributed by atoms with Gasteiger partial charge < -0.3 is 9.84 Å². The quantitative estimate of drug-likeness (QED) is 0.788. The molecule has 0 saturated heterocycles. The second-order valence-electron chi connectivity index (χ2n) is 6.15. The number of carbonyl (C=O) groups is 1. The number of nitrogens with zero attached hydrogens (tertiary/aromatic N) is 4.